The van der Waals surface area contributed by atoms with Crippen molar-refractivity contribution in [3.8, 4) is 0 Å². The lowest BCUT2D eigenvalue weighted by atomic mass is 9.48. The van der Waals surface area contributed by atoms with Gasteiger partial charge in [0.2, 0.25) is 5.78 Å². The van der Waals surface area contributed by atoms with Gasteiger partial charge in [0.25, 0.3) is 0 Å². The normalized spacial score (nSPS) is 46.3. The van der Waals surface area contributed by atoms with E-state index in [-0.39, 0.29) is 11.2 Å². The first kappa shape index (κ1) is 9.29. The SMILES string of the molecule is [N-]=[N+]=CC(=O)C12CC3CC(CC(C3)C1)C2. The second-order valence-electron chi connectivity index (χ2n) is 5.81. The quantitative estimate of drug-likeness (QED) is 0.386. The number of hydrogen-bond acceptors (Lipinski definition) is 1. The van der Waals surface area contributed by atoms with E-state index in [4.69, 9.17) is 5.53 Å². The lowest BCUT2D eigenvalue weighted by Crippen LogP contribution is -2.50. The molecule has 0 amide bonds. The Kier molecular flexibility index (Phi) is 1.87. The second-order valence-corrected chi connectivity index (χ2v) is 5.81. The van der Waals surface area contributed by atoms with Crippen LogP contribution < -0.4 is 0 Å². The molecule has 0 N–H and O–H groups in total. The summed E-state index contributed by atoms with van der Waals surface area (Å²) in [6.45, 7) is 0. The number of Topliss-reactive ketones (excluding diaryl/α,β-unsaturated/α-hetero) is 1. The van der Waals surface area contributed by atoms with Crippen LogP contribution in [0.25, 0.3) is 5.53 Å². The molecule has 80 valence electrons. The summed E-state index contributed by atoms with van der Waals surface area (Å²) in [7, 11) is 0. The van der Waals surface area contributed by atoms with Crippen LogP contribution in [-0.4, -0.2) is 16.8 Å². The molecule has 0 aromatic rings. The summed E-state index contributed by atoms with van der Waals surface area (Å²) in [4.78, 5) is 14.9. The smallest absolute Gasteiger partial charge is 0.323 e. The van der Waals surface area contributed by atoms with Gasteiger partial charge >= 0.3 is 6.21 Å². The summed E-state index contributed by atoms with van der Waals surface area (Å²) >= 11 is 0. The van der Waals surface area contributed by atoms with Crippen LogP contribution in [0.4, 0.5) is 0 Å². The molecule has 4 saturated carbocycles. The lowest BCUT2D eigenvalue weighted by molar-refractivity contribution is -0.139. The molecule has 4 fully saturated rings. The minimum atomic E-state index is -0.138. The molecule has 3 heteroatoms. The van der Waals surface area contributed by atoms with Crippen LogP contribution in [0.2, 0.25) is 0 Å². The summed E-state index contributed by atoms with van der Waals surface area (Å²) in [5, 5.41) is 0. The van der Waals surface area contributed by atoms with Gasteiger partial charge in [0, 0.05) is 5.41 Å². The molecule has 0 heterocycles. The maximum Gasteiger partial charge on any atom is 0.323 e. The van der Waals surface area contributed by atoms with E-state index in [1.54, 1.807) is 0 Å². The van der Waals surface area contributed by atoms with Gasteiger partial charge in [-0.2, -0.15) is 4.79 Å². The standard InChI is InChI=1S/C12H16N2O/c13-14-7-11(15)12-4-8-1-9(5-12)3-10(2-8)6-12/h7-10H,1-6H2. The van der Waals surface area contributed by atoms with Crippen molar-refractivity contribution in [3.63, 3.8) is 0 Å². The maximum absolute atomic E-state index is 12.0. The first-order valence-electron chi connectivity index (χ1n) is 5.94. The van der Waals surface area contributed by atoms with Crippen LogP contribution >= 0.6 is 0 Å². The number of carbonyl (C=O) groups is 1. The van der Waals surface area contributed by atoms with Crippen LogP contribution in [0.5, 0.6) is 0 Å². The minimum Gasteiger partial charge on any atom is -0.361 e. The molecule has 15 heavy (non-hydrogen) atoms. The highest BCUT2D eigenvalue weighted by atomic mass is 16.1. The summed E-state index contributed by atoms with van der Waals surface area (Å²) in [5.74, 6) is 2.39. The van der Waals surface area contributed by atoms with E-state index in [1.165, 1.54) is 19.3 Å². The molecule has 4 aliphatic rings. The zero-order chi connectivity index (χ0) is 10.5. The Hall–Kier alpha value is -0.950. The molecule has 0 aliphatic heterocycles. The molecule has 0 aromatic heterocycles. The fraction of sp³-hybridized carbons (Fsp3) is 0.833. The van der Waals surface area contributed by atoms with Gasteiger partial charge in [-0.05, 0) is 56.3 Å². The summed E-state index contributed by atoms with van der Waals surface area (Å²) < 4.78 is 0. The molecule has 0 radical (unpaired) electrons. The van der Waals surface area contributed by atoms with Gasteiger partial charge in [-0.25, -0.2) is 0 Å². The van der Waals surface area contributed by atoms with Gasteiger partial charge < -0.3 is 5.53 Å². The molecule has 3 nitrogen and oxygen atoms in total. The van der Waals surface area contributed by atoms with Crippen molar-refractivity contribution in [1.82, 2.24) is 0 Å². The molecule has 4 rings (SSSR count). The van der Waals surface area contributed by atoms with E-state index < -0.39 is 0 Å². The average Bonchev–Trinajstić information content (AvgIpc) is 2.15. The topological polar surface area (TPSA) is 53.5 Å². The highest BCUT2D eigenvalue weighted by molar-refractivity contribution is 6.27. The monoisotopic (exact) mass is 204 g/mol. The van der Waals surface area contributed by atoms with Crippen molar-refractivity contribution in [2.45, 2.75) is 38.5 Å². The number of nitrogens with zero attached hydrogens (tertiary/aromatic N) is 2. The van der Waals surface area contributed by atoms with Crippen molar-refractivity contribution in [3.05, 3.63) is 5.53 Å². The van der Waals surface area contributed by atoms with E-state index >= 15 is 0 Å². The average molecular weight is 204 g/mol. The first-order chi connectivity index (χ1) is 7.22. The van der Waals surface area contributed by atoms with Crippen LogP contribution in [0, 0.1) is 23.2 Å². The zero-order valence-corrected chi connectivity index (χ0v) is 8.85. The number of carbonyl (C=O) groups excluding carboxylic acids is 1. The van der Waals surface area contributed by atoms with Gasteiger partial charge in [-0.3, -0.25) is 4.79 Å². The largest absolute Gasteiger partial charge is 0.361 e. The lowest BCUT2D eigenvalue weighted by Gasteiger charge is -2.55. The third-order valence-corrected chi connectivity index (χ3v) is 4.74. The van der Waals surface area contributed by atoms with Gasteiger partial charge in [-0.15, -0.1) is 0 Å². The van der Waals surface area contributed by atoms with E-state index in [2.05, 4.69) is 4.79 Å². The Morgan fingerprint density at radius 2 is 1.60 bits per heavy atom. The van der Waals surface area contributed by atoms with Crippen LogP contribution in [-0.2, 0) is 4.79 Å². The van der Waals surface area contributed by atoms with Gasteiger partial charge in [-0.1, -0.05) is 0 Å². The summed E-state index contributed by atoms with van der Waals surface area (Å²) in [6.07, 6.45) is 8.28. The third-order valence-electron chi connectivity index (χ3n) is 4.74. The Bertz CT molecular complexity index is 319. The molecule has 0 unspecified atom stereocenters. The molecule has 4 bridgehead atoms. The third kappa shape index (κ3) is 1.30. The van der Waals surface area contributed by atoms with Crippen molar-refractivity contribution in [1.29, 1.82) is 0 Å². The molecule has 0 atom stereocenters. The predicted molar refractivity (Wildman–Crippen MR) is 55.3 cm³/mol. The van der Waals surface area contributed by atoms with Gasteiger partial charge in [0.15, 0.2) is 0 Å². The highest BCUT2D eigenvalue weighted by Gasteiger charge is 2.54. The van der Waals surface area contributed by atoms with Crippen LogP contribution in [0.15, 0.2) is 0 Å². The fourth-order valence-electron chi connectivity index (χ4n) is 4.60. The first-order valence-corrected chi connectivity index (χ1v) is 5.94. The molecule has 0 aromatic carbocycles. The van der Waals surface area contributed by atoms with Crippen LogP contribution in [0.3, 0.4) is 0 Å². The Balaban J connectivity index is 1.92. The Morgan fingerprint density at radius 1 is 1.13 bits per heavy atom. The van der Waals surface area contributed by atoms with Gasteiger partial charge in [0.1, 0.15) is 0 Å². The van der Waals surface area contributed by atoms with Crippen molar-refractivity contribution >= 4 is 12.0 Å². The number of hydrogen-bond donors (Lipinski definition) is 0. The maximum atomic E-state index is 12.0. The van der Waals surface area contributed by atoms with E-state index in [0.717, 1.165) is 43.2 Å². The van der Waals surface area contributed by atoms with Crippen molar-refractivity contribution in [2.75, 3.05) is 0 Å². The highest BCUT2D eigenvalue weighted by Crippen LogP contribution is 2.60. The predicted octanol–water partition coefficient (Wildman–Crippen LogP) is 2.07. The molecular weight excluding hydrogens is 188 g/mol. The Labute approximate surface area is 89.5 Å². The molecular formula is C12H16N2O. The zero-order valence-electron chi connectivity index (χ0n) is 8.85. The van der Waals surface area contributed by atoms with E-state index in [9.17, 15) is 4.79 Å². The molecule has 0 saturated heterocycles. The molecule has 4 aliphatic carbocycles. The van der Waals surface area contributed by atoms with E-state index in [0.29, 0.717) is 0 Å². The Morgan fingerprint density at radius 3 is 2.00 bits per heavy atom. The fourth-order valence-corrected chi connectivity index (χ4v) is 4.60. The van der Waals surface area contributed by atoms with Crippen LogP contribution in [0.1, 0.15) is 38.5 Å². The molecule has 0 spiro atoms. The summed E-state index contributed by atoms with van der Waals surface area (Å²) in [5.41, 5.74) is 8.35. The van der Waals surface area contributed by atoms with Gasteiger partial charge in [0.05, 0.1) is 0 Å². The van der Waals surface area contributed by atoms with Crippen molar-refractivity contribution in [2.24, 2.45) is 23.2 Å². The minimum absolute atomic E-state index is 0.0732. The van der Waals surface area contributed by atoms with E-state index in [1.807, 2.05) is 0 Å². The van der Waals surface area contributed by atoms with Crippen molar-refractivity contribution < 1.29 is 9.58 Å². The summed E-state index contributed by atoms with van der Waals surface area (Å²) in [6, 6.07) is 0. The number of rotatable bonds is 2. The second kappa shape index (κ2) is 3.02. The number of ketones is 1.